The van der Waals surface area contributed by atoms with Gasteiger partial charge in [0.05, 0.1) is 31.6 Å². The molecule has 6 heteroatoms. The van der Waals surface area contributed by atoms with Crippen molar-refractivity contribution in [2.75, 3.05) is 19.8 Å². The van der Waals surface area contributed by atoms with Crippen molar-refractivity contribution in [3.63, 3.8) is 0 Å². The maximum absolute atomic E-state index is 12.7. The Labute approximate surface area is 146 Å². The van der Waals surface area contributed by atoms with Crippen LogP contribution in [0.15, 0.2) is 23.2 Å². The Balaban J connectivity index is 1.45. The van der Waals surface area contributed by atoms with Gasteiger partial charge in [0.1, 0.15) is 0 Å². The van der Waals surface area contributed by atoms with Crippen molar-refractivity contribution in [2.24, 2.45) is 13.0 Å². The van der Waals surface area contributed by atoms with E-state index in [2.05, 4.69) is 9.55 Å². The third-order valence-corrected chi connectivity index (χ3v) is 5.62. The molecule has 128 valence electrons. The Kier molecular flexibility index (Phi) is 4.41. The van der Waals surface area contributed by atoms with Crippen molar-refractivity contribution in [1.82, 2.24) is 14.5 Å². The van der Waals surface area contributed by atoms with Gasteiger partial charge < -0.3 is 14.2 Å². The largest absolute Gasteiger partial charge is 0.380 e. The number of thiophene rings is 1. The van der Waals surface area contributed by atoms with Crippen LogP contribution >= 0.6 is 11.3 Å². The second-order valence-corrected chi connectivity index (χ2v) is 7.73. The van der Waals surface area contributed by atoms with E-state index in [4.69, 9.17) is 4.74 Å². The highest BCUT2D eigenvalue weighted by Crippen LogP contribution is 2.31. The molecule has 4 rings (SSSR count). The first-order valence-electron chi connectivity index (χ1n) is 8.57. The van der Waals surface area contributed by atoms with Gasteiger partial charge >= 0.3 is 0 Å². The summed E-state index contributed by atoms with van der Waals surface area (Å²) in [6, 6.07) is 2.02. The van der Waals surface area contributed by atoms with Crippen LogP contribution in [0, 0.1) is 5.92 Å². The molecule has 24 heavy (non-hydrogen) atoms. The van der Waals surface area contributed by atoms with E-state index in [1.807, 2.05) is 35.1 Å². The molecule has 5 nitrogen and oxygen atoms in total. The van der Waals surface area contributed by atoms with Gasteiger partial charge in [-0.15, -0.1) is 0 Å². The Morgan fingerprint density at radius 2 is 2.29 bits per heavy atom. The van der Waals surface area contributed by atoms with E-state index in [1.54, 1.807) is 11.3 Å². The van der Waals surface area contributed by atoms with Crippen LogP contribution in [0.5, 0.6) is 0 Å². The van der Waals surface area contributed by atoms with Crippen molar-refractivity contribution >= 4 is 17.2 Å². The van der Waals surface area contributed by atoms with Crippen LogP contribution < -0.4 is 0 Å². The number of carbonyl (C=O) groups excluding carboxylic acids is 1. The lowest BCUT2D eigenvalue weighted by molar-refractivity contribution is -0.132. The molecule has 2 aromatic heterocycles. The lowest BCUT2D eigenvalue weighted by Crippen LogP contribution is -2.41. The number of aromatic nitrogens is 2. The minimum absolute atomic E-state index is 0.178. The summed E-state index contributed by atoms with van der Waals surface area (Å²) in [7, 11) is 2.03. The van der Waals surface area contributed by atoms with Crippen molar-refractivity contribution in [1.29, 1.82) is 0 Å². The summed E-state index contributed by atoms with van der Waals surface area (Å²) in [6.07, 6.45) is 4.92. The Hall–Kier alpha value is -1.66. The van der Waals surface area contributed by atoms with Crippen molar-refractivity contribution in [2.45, 2.75) is 31.7 Å². The topological polar surface area (TPSA) is 47.4 Å². The molecule has 2 aromatic rings. The van der Waals surface area contributed by atoms with Gasteiger partial charge in [-0.2, -0.15) is 11.3 Å². The third-order valence-electron chi connectivity index (χ3n) is 4.89. The monoisotopic (exact) mass is 345 g/mol. The fraction of sp³-hybridized carbons (Fsp3) is 0.556. The zero-order valence-corrected chi connectivity index (χ0v) is 14.8. The molecule has 0 radical (unpaired) electrons. The minimum atomic E-state index is 0.178. The van der Waals surface area contributed by atoms with Crippen LogP contribution in [0.4, 0.5) is 0 Å². The summed E-state index contributed by atoms with van der Waals surface area (Å²) in [5.41, 5.74) is 3.34. The SMILES string of the molecule is Cn1cnc2c1[C@H](COCC1CC1)CN(C(=O)Cc1ccsc1)C2. The minimum Gasteiger partial charge on any atom is -0.380 e. The molecule has 0 bridgehead atoms. The lowest BCUT2D eigenvalue weighted by atomic mass is 9.98. The molecule has 1 atom stereocenters. The highest BCUT2D eigenvalue weighted by molar-refractivity contribution is 7.07. The standard InChI is InChI=1S/C18H23N3O2S/c1-20-12-19-16-8-21(17(22)6-14-4-5-24-11-14)7-15(18(16)20)10-23-9-13-2-3-13/h4-5,11-13,15H,2-3,6-10H2,1H3/t15-/m0/s1. The highest BCUT2D eigenvalue weighted by atomic mass is 32.1. The summed E-state index contributed by atoms with van der Waals surface area (Å²) in [4.78, 5) is 19.1. The fourth-order valence-corrected chi connectivity index (χ4v) is 4.06. The second-order valence-electron chi connectivity index (χ2n) is 6.95. The molecular formula is C18H23N3O2S. The van der Waals surface area contributed by atoms with E-state index in [0.29, 0.717) is 19.6 Å². The maximum atomic E-state index is 12.7. The molecule has 0 spiro atoms. The number of amides is 1. The third kappa shape index (κ3) is 3.39. The van der Waals surface area contributed by atoms with Gasteiger partial charge in [-0.1, -0.05) is 0 Å². The van der Waals surface area contributed by atoms with Gasteiger partial charge in [-0.05, 0) is 41.1 Å². The van der Waals surface area contributed by atoms with Gasteiger partial charge in [0, 0.05) is 31.8 Å². The molecule has 3 heterocycles. The molecule has 1 aliphatic carbocycles. The number of hydrogen-bond donors (Lipinski definition) is 0. The van der Waals surface area contributed by atoms with E-state index in [0.717, 1.165) is 30.3 Å². The fourth-order valence-electron chi connectivity index (χ4n) is 3.39. The smallest absolute Gasteiger partial charge is 0.227 e. The van der Waals surface area contributed by atoms with E-state index in [-0.39, 0.29) is 11.8 Å². The maximum Gasteiger partial charge on any atom is 0.227 e. The van der Waals surface area contributed by atoms with Crippen LogP contribution in [-0.2, 0) is 29.5 Å². The molecule has 0 N–H and O–H groups in total. The quantitative estimate of drug-likeness (QED) is 0.808. The zero-order chi connectivity index (χ0) is 16.5. The molecule has 1 saturated carbocycles. The first-order chi connectivity index (χ1) is 11.7. The van der Waals surface area contributed by atoms with Crippen molar-refractivity contribution in [3.05, 3.63) is 40.1 Å². The summed E-state index contributed by atoms with van der Waals surface area (Å²) in [6.45, 7) is 2.86. The summed E-state index contributed by atoms with van der Waals surface area (Å²) in [5.74, 6) is 1.15. The van der Waals surface area contributed by atoms with Gasteiger partial charge in [0.2, 0.25) is 5.91 Å². The van der Waals surface area contributed by atoms with Crippen LogP contribution in [0.25, 0.3) is 0 Å². The van der Waals surface area contributed by atoms with Crippen LogP contribution in [-0.4, -0.2) is 40.1 Å². The van der Waals surface area contributed by atoms with E-state index in [1.165, 1.54) is 18.5 Å². The molecule has 1 aliphatic heterocycles. The second kappa shape index (κ2) is 6.69. The van der Waals surface area contributed by atoms with E-state index < -0.39 is 0 Å². The Morgan fingerprint density at radius 3 is 3.04 bits per heavy atom. The predicted octanol–water partition coefficient (Wildman–Crippen LogP) is 2.58. The summed E-state index contributed by atoms with van der Waals surface area (Å²) >= 11 is 1.63. The van der Waals surface area contributed by atoms with Crippen LogP contribution in [0.2, 0.25) is 0 Å². The summed E-state index contributed by atoms with van der Waals surface area (Å²) < 4.78 is 8.02. The van der Waals surface area contributed by atoms with Gasteiger partial charge in [0.15, 0.2) is 0 Å². The van der Waals surface area contributed by atoms with Gasteiger partial charge in [-0.25, -0.2) is 4.98 Å². The molecule has 1 fully saturated rings. The van der Waals surface area contributed by atoms with Gasteiger partial charge in [0.25, 0.3) is 0 Å². The highest BCUT2D eigenvalue weighted by Gasteiger charge is 2.32. The van der Waals surface area contributed by atoms with Crippen molar-refractivity contribution < 1.29 is 9.53 Å². The lowest BCUT2D eigenvalue weighted by Gasteiger charge is -2.33. The number of hydrogen-bond acceptors (Lipinski definition) is 4. The van der Waals surface area contributed by atoms with Crippen molar-refractivity contribution in [3.8, 4) is 0 Å². The number of fused-ring (bicyclic) bond motifs is 1. The molecular weight excluding hydrogens is 322 g/mol. The summed E-state index contributed by atoms with van der Waals surface area (Å²) in [5, 5.41) is 4.06. The van der Waals surface area contributed by atoms with E-state index in [9.17, 15) is 4.79 Å². The average molecular weight is 345 g/mol. The first-order valence-corrected chi connectivity index (χ1v) is 9.51. The number of imidazole rings is 1. The molecule has 1 amide bonds. The number of ether oxygens (including phenoxy) is 1. The first kappa shape index (κ1) is 15.8. The predicted molar refractivity (Wildman–Crippen MR) is 92.9 cm³/mol. The average Bonchev–Trinajstić information content (AvgIpc) is 3.10. The van der Waals surface area contributed by atoms with E-state index >= 15 is 0 Å². The van der Waals surface area contributed by atoms with Gasteiger partial charge in [-0.3, -0.25) is 4.79 Å². The van der Waals surface area contributed by atoms with Crippen LogP contribution in [0.1, 0.15) is 35.7 Å². The normalized spacial score (nSPS) is 20.2. The Bertz CT molecular complexity index is 706. The number of aryl methyl sites for hydroxylation is 1. The van der Waals surface area contributed by atoms with Crippen LogP contribution in [0.3, 0.4) is 0 Å². The number of rotatable bonds is 6. The number of carbonyl (C=O) groups is 1. The molecule has 2 aliphatic rings. The Morgan fingerprint density at radius 1 is 1.42 bits per heavy atom. The number of nitrogens with zero attached hydrogens (tertiary/aromatic N) is 3. The molecule has 0 aromatic carbocycles. The molecule has 0 saturated heterocycles. The molecule has 0 unspecified atom stereocenters. The zero-order valence-electron chi connectivity index (χ0n) is 14.0.